The van der Waals surface area contributed by atoms with Crippen LogP contribution in [0.3, 0.4) is 0 Å². The Morgan fingerprint density at radius 2 is 2.00 bits per heavy atom. The third kappa shape index (κ3) is 3.51. The highest BCUT2D eigenvalue weighted by Crippen LogP contribution is 2.26. The zero-order valence-electron chi connectivity index (χ0n) is 10.8. The molecule has 0 aliphatic rings. The molecular formula is C12H20IN3O. The zero-order chi connectivity index (χ0) is 13.0. The number of halogens is 1. The van der Waals surface area contributed by atoms with Crippen molar-refractivity contribution >= 4 is 28.4 Å². The lowest BCUT2D eigenvalue weighted by Crippen LogP contribution is -2.16. The lowest BCUT2D eigenvalue weighted by Gasteiger charge is -2.19. The minimum Gasteiger partial charge on any atom is -0.383 e. The molecule has 0 aromatic carbocycles. The molecular weight excluding hydrogens is 329 g/mol. The molecule has 1 aromatic heterocycles. The van der Waals surface area contributed by atoms with Crippen LogP contribution in [0.15, 0.2) is 0 Å². The summed E-state index contributed by atoms with van der Waals surface area (Å²) < 4.78 is 6.41. The predicted octanol–water partition coefficient (Wildman–Crippen LogP) is 2.96. The number of nitrogens with two attached hydrogens (primary N) is 1. The topological polar surface area (TPSA) is 61.0 Å². The zero-order valence-corrected chi connectivity index (χ0v) is 13.0. The lowest BCUT2D eigenvalue weighted by atomic mass is 10.1. The van der Waals surface area contributed by atoms with Crippen LogP contribution in [0.25, 0.3) is 0 Å². The molecule has 1 unspecified atom stereocenters. The number of ether oxygens (including phenoxy) is 1. The molecule has 17 heavy (non-hydrogen) atoms. The van der Waals surface area contributed by atoms with Crippen LogP contribution in [0, 0.1) is 9.49 Å². The van der Waals surface area contributed by atoms with Gasteiger partial charge in [-0.05, 0) is 34.9 Å². The van der Waals surface area contributed by atoms with Crippen molar-refractivity contribution in [1.82, 2.24) is 9.97 Å². The van der Waals surface area contributed by atoms with E-state index < -0.39 is 0 Å². The fourth-order valence-electron chi connectivity index (χ4n) is 1.74. The number of hydrogen-bond acceptors (Lipinski definition) is 4. The van der Waals surface area contributed by atoms with Gasteiger partial charge in [0.25, 0.3) is 0 Å². The van der Waals surface area contributed by atoms with E-state index in [0.717, 1.165) is 22.1 Å². The minimum absolute atomic E-state index is 0.0927. The van der Waals surface area contributed by atoms with E-state index in [1.54, 1.807) is 7.11 Å². The van der Waals surface area contributed by atoms with Gasteiger partial charge in [0.1, 0.15) is 11.9 Å². The number of methoxy groups -OCH3 is 1. The van der Waals surface area contributed by atoms with Gasteiger partial charge in [-0.25, -0.2) is 9.97 Å². The quantitative estimate of drug-likeness (QED) is 0.831. The van der Waals surface area contributed by atoms with E-state index >= 15 is 0 Å². The lowest BCUT2D eigenvalue weighted by molar-refractivity contribution is 0.0573. The molecule has 4 nitrogen and oxygen atoms in total. The number of anilines is 1. The first-order valence-electron chi connectivity index (χ1n) is 5.85. The monoisotopic (exact) mass is 349 g/mol. The number of nitrogens with zero attached hydrogens (tertiary/aromatic N) is 2. The van der Waals surface area contributed by atoms with Gasteiger partial charge in [-0.1, -0.05) is 27.2 Å². The van der Waals surface area contributed by atoms with Crippen LogP contribution >= 0.6 is 22.6 Å². The van der Waals surface area contributed by atoms with Crippen molar-refractivity contribution in [3.8, 4) is 0 Å². The smallest absolute Gasteiger partial charge is 0.160 e. The van der Waals surface area contributed by atoms with E-state index in [4.69, 9.17) is 10.5 Å². The van der Waals surface area contributed by atoms with Gasteiger partial charge in [0, 0.05) is 7.11 Å². The first-order chi connectivity index (χ1) is 8.01. The van der Waals surface area contributed by atoms with Crippen LogP contribution in [0.1, 0.15) is 44.8 Å². The van der Waals surface area contributed by atoms with Crippen molar-refractivity contribution < 1.29 is 4.74 Å². The summed E-state index contributed by atoms with van der Waals surface area (Å²) in [5.74, 6) is 1.58. The molecule has 0 aliphatic heterocycles. The molecule has 1 atom stereocenters. The molecule has 96 valence electrons. The van der Waals surface area contributed by atoms with E-state index in [2.05, 4.69) is 53.3 Å². The van der Waals surface area contributed by atoms with Crippen molar-refractivity contribution in [3.63, 3.8) is 0 Å². The summed E-state index contributed by atoms with van der Waals surface area (Å²) in [6.45, 7) is 6.31. The van der Waals surface area contributed by atoms with Gasteiger partial charge in [-0.2, -0.15) is 0 Å². The third-order valence-corrected chi connectivity index (χ3v) is 3.74. The molecule has 0 fully saturated rings. The maximum absolute atomic E-state index is 5.93. The minimum atomic E-state index is -0.0927. The highest BCUT2D eigenvalue weighted by atomic mass is 127. The van der Waals surface area contributed by atoms with Gasteiger partial charge in [0.2, 0.25) is 0 Å². The van der Waals surface area contributed by atoms with Crippen molar-refractivity contribution in [1.29, 1.82) is 0 Å². The Morgan fingerprint density at radius 3 is 2.47 bits per heavy atom. The molecule has 0 spiro atoms. The molecule has 0 radical (unpaired) electrons. The largest absolute Gasteiger partial charge is 0.383 e. The second-order valence-electron chi connectivity index (χ2n) is 4.38. The average molecular weight is 349 g/mol. The van der Waals surface area contributed by atoms with Crippen LogP contribution in [0.2, 0.25) is 0 Å². The predicted molar refractivity (Wildman–Crippen MR) is 77.7 cm³/mol. The molecule has 0 saturated heterocycles. The molecule has 0 amide bonds. The summed E-state index contributed by atoms with van der Waals surface area (Å²) in [5, 5.41) is 0. The van der Waals surface area contributed by atoms with Gasteiger partial charge in [-0.3, -0.25) is 0 Å². The maximum atomic E-state index is 5.93. The second-order valence-corrected chi connectivity index (χ2v) is 5.46. The van der Waals surface area contributed by atoms with Gasteiger partial charge in [-0.15, -0.1) is 0 Å². The van der Waals surface area contributed by atoms with Gasteiger partial charge >= 0.3 is 0 Å². The van der Waals surface area contributed by atoms with Crippen molar-refractivity contribution in [2.45, 2.75) is 39.7 Å². The number of nitrogen functional groups attached to an aromatic ring is 1. The molecule has 0 saturated carbocycles. The van der Waals surface area contributed by atoms with Crippen LogP contribution in [0.4, 0.5) is 5.82 Å². The van der Waals surface area contributed by atoms with Gasteiger partial charge in [0.15, 0.2) is 5.82 Å². The summed E-state index contributed by atoms with van der Waals surface area (Å²) in [6, 6.07) is 0. The van der Waals surface area contributed by atoms with E-state index in [0.29, 0.717) is 17.6 Å². The summed E-state index contributed by atoms with van der Waals surface area (Å²) in [7, 11) is 1.68. The highest BCUT2D eigenvalue weighted by Gasteiger charge is 2.20. The number of rotatable bonds is 5. The van der Waals surface area contributed by atoms with E-state index in [1.165, 1.54) is 0 Å². The molecule has 0 bridgehead atoms. The van der Waals surface area contributed by atoms with E-state index in [-0.39, 0.29) is 6.10 Å². The fraction of sp³-hybridized carbons (Fsp3) is 0.667. The Labute approximate surface area is 117 Å². The van der Waals surface area contributed by atoms with E-state index in [1.807, 2.05) is 0 Å². The van der Waals surface area contributed by atoms with Crippen LogP contribution in [-0.2, 0) is 11.2 Å². The number of aromatic nitrogens is 2. The highest BCUT2D eigenvalue weighted by molar-refractivity contribution is 14.1. The SMILES string of the molecule is CCCc1nc(C(OC)C(C)C)nc(N)c1I. The molecule has 1 aromatic rings. The first kappa shape index (κ1) is 14.6. The maximum Gasteiger partial charge on any atom is 0.160 e. The third-order valence-electron chi connectivity index (χ3n) is 2.56. The van der Waals surface area contributed by atoms with Crippen molar-refractivity contribution in [2.24, 2.45) is 5.92 Å². The second kappa shape index (κ2) is 6.49. The van der Waals surface area contributed by atoms with Crippen LogP contribution < -0.4 is 5.73 Å². The van der Waals surface area contributed by atoms with Crippen LogP contribution in [0.5, 0.6) is 0 Å². The normalized spacial score (nSPS) is 13.1. The summed E-state index contributed by atoms with van der Waals surface area (Å²) >= 11 is 2.21. The molecule has 1 rings (SSSR count). The Balaban J connectivity index is 3.16. The Hall–Kier alpha value is -0.430. The van der Waals surface area contributed by atoms with Gasteiger partial charge < -0.3 is 10.5 Å². The van der Waals surface area contributed by atoms with Gasteiger partial charge in [0.05, 0.1) is 9.26 Å². The molecule has 5 heteroatoms. The fourth-order valence-corrected chi connectivity index (χ4v) is 2.25. The number of hydrogen-bond donors (Lipinski definition) is 1. The standard InChI is InChI=1S/C12H20IN3O/c1-5-6-8-9(13)11(14)16-12(15-8)10(17-4)7(2)3/h7,10H,5-6H2,1-4H3,(H2,14,15,16). The molecule has 0 aliphatic carbocycles. The van der Waals surface area contributed by atoms with E-state index in [9.17, 15) is 0 Å². The summed E-state index contributed by atoms with van der Waals surface area (Å²) in [5.41, 5.74) is 6.96. The number of aryl methyl sites for hydroxylation is 1. The van der Waals surface area contributed by atoms with Crippen molar-refractivity contribution in [2.75, 3.05) is 12.8 Å². The Kier molecular flexibility index (Phi) is 5.58. The summed E-state index contributed by atoms with van der Waals surface area (Å²) in [6.07, 6.45) is 1.88. The van der Waals surface area contributed by atoms with Crippen LogP contribution in [-0.4, -0.2) is 17.1 Å². The Bertz CT molecular complexity index is 382. The molecule has 2 N–H and O–H groups in total. The first-order valence-corrected chi connectivity index (χ1v) is 6.93. The van der Waals surface area contributed by atoms with Crippen molar-refractivity contribution in [3.05, 3.63) is 15.1 Å². The molecule has 1 heterocycles. The average Bonchev–Trinajstić information content (AvgIpc) is 2.26. The summed E-state index contributed by atoms with van der Waals surface area (Å²) in [4.78, 5) is 8.93. The Morgan fingerprint density at radius 1 is 1.35 bits per heavy atom.